The summed E-state index contributed by atoms with van der Waals surface area (Å²) in [6.45, 7) is 11.2. The Bertz CT molecular complexity index is 788. The number of nitrogens with two attached hydrogens (primary N) is 1. The monoisotopic (exact) mass is 414 g/mol. The Balaban J connectivity index is 1.42. The van der Waals surface area contributed by atoms with E-state index in [-0.39, 0.29) is 5.91 Å². The summed E-state index contributed by atoms with van der Waals surface area (Å²) in [4.78, 5) is 24.1. The molecule has 1 amide bonds. The second kappa shape index (κ2) is 8.81. The Kier molecular flexibility index (Phi) is 6.15. The Morgan fingerprint density at radius 3 is 2.57 bits per heavy atom. The van der Waals surface area contributed by atoms with Crippen molar-refractivity contribution in [3.8, 4) is 5.88 Å². The first-order chi connectivity index (χ1) is 14.5. The molecule has 0 radical (unpaired) electrons. The summed E-state index contributed by atoms with van der Waals surface area (Å²) in [5, 5.41) is 2.84. The molecule has 8 nitrogen and oxygen atoms in total. The van der Waals surface area contributed by atoms with Crippen molar-refractivity contribution in [3.63, 3.8) is 0 Å². The Hall–Kier alpha value is -2.32. The van der Waals surface area contributed by atoms with E-state index in [1.165, 1.54) is 32.0 Å². The molecule has 0 aromatic carbocycles. The normalized spacial score (nSPS) is 23.9. The number of hydrogen-bond donors (Lipinski definition) is 2. The van der Waals surface area contributed by atoms with Crippen molar-refractivity contribution in [1.82, 2.24) is 14.8 Å². The largest absolute Gasteiger partial charge is 0.479 e. The van der Waals surface area contributed by atoms with Crippen LogP contribution in [0.1, 0.15) is 32.6 Å². The maximum Gasteiger partial charge on any atom is 0.247 e. The third-order valence-electron chi connectivity index (χ3n) is 6.64. The highest BCUT2D eigenvalue weighted by molar-refractivity contribution is 6.01. The number of anilines is 3. The van der Waals surface area contributed by atoms with Gasteiger partial charge in [-0.2, -0.15) is 4.98 Å². The standard InChI is InChI=1S/C22H34N6O2/c1-4-20(29)24-19-13-18(23)22(30-3)25-21(19)26-9-7-16(8-10-26)27-11-12-28(15(2)14-27)17-5-6-17/h4,13,15-17H,1,5-12,14,23H2,2-3H3,(H,24,29)/t15-/m1/s1. The number of rotatable bonds is 6. The van der Waals surface area contributed by atoms with Crippen molar-refractivity contribution in [2.24, 2.45) is 0 Å². The van der Waals surface area contributed by atoms with Crippen LogP contribution < -0.4 is 20.7 Å². The molecule has 30 heavy (non-hydrogen) atoms. The molecular formula is C22H34N6O2. The number of nitrogens with one attached hydrogen (secondary N) is 1. The van der Waals surface area contributed by atoms with Crippen LogP contribution in [0.25, 0.3) is 0 Å². The summed E-state index contributed by atoms with van der Waals surface area (Å²) in [7, 11) is 1.55. The highest BCUT2D eigenvalue weighted by Crippen LogP contribution is 2.35. The SMILES string of the molecule is C=CC(=O)Nc1cc(N)c(OC)nc1N1CCC(N2CCN(C3CC3)[C@H](C)C2)CC1. The van der Waals surface area contributed by atoms with E-state index < -0.39 is 0 Å². The van der Waals surface area contributed by atoms with Gasteiger partial charge < -0.3 is 20.7 Å². The summed E-state index contributed by atoms with van der Waals surface area (Å²) in [5.74, 6) is 0.815. The lowest BCUT2D eigenvalue weighted by atomic mass is 10.0. The van der Waals surface area contributed by atoms with Gasteiger partial charge in [0.05, 0.1) is 18.5 Å². The summed E-state index contributed by atoms with van der Waals surface area (Å²) in [6, 6.07) is 3.81. The fraction of sp³-hybridized carbons (Fsp3) is 0.636. The van der Waals surface area contributed by atoms with Crippen LogP contribution >= 0.6 is 0 Å². The number of nitrogen functional groups attached to an aromatic ring is 1. The first-order valence-corrected chi connectivity index (χ1v) is 11.0. The van der Waals surface area contributed by atoms with Crippen LogP contribution in [0, 0.1) is 0 Å². The van der Waals surface area contributed by atoms with Crippen molar-refractivity contribution < 1.29 is 9.53 Å². The van der Waals surface area contributed by atoms with Gasteiger partial charge >= 0.3 is 0 Å². The molecule has 4 rings (SSSR count). The lowest BCUT2D eigenvalue weighted by molar-refractivity contribution is -0.111. The number of carbonyl (C=O) groups is 1. The number of pyridine rings is 1. The zero-order chi connectivity index (χ0) is 21.3. The van der Waals surface area contributed by atoms with Crippen LogP contribution in [0.15, 0.2) is 18.7 Å². The lowest BCUT2D eigenvalue weighted by Gasteiger charge is -2.46. The van der Waals surface area contributed by atoms with Crippen LogP contribution in [0.3, 0.4) is 0 Å². The summed E-state index contributed by atoms with van der Waals surface area (Å²) < 4.78 is 5.32. The molecule has 1 aromatic heterocycles. The number of amides is 1. The zero-order valence-corrected chi connectivity index (χ0v) is 18.1. The molecule has 3 aliphatic rings. The predicted molar refractivity (Wildman–Crippen MR) is 120 cm³/mol. The minimum atomic E-state index is -0.278. The molecule has 1 aromatic rings. The molecule has 1 aliphatic carbocycles. The van der Waals surface area contributed by atoms with Crippen molar-refractivity contribution in [1.29, 1.82) is 0 Å². The van der Waals surface area contributed by atoms with Gasteiger partial charge in [0.1, 0.15) is 0 Å². The van der Waals surface area contributed by atoms with Crippen LogP contribution in [-0.2, 0) is 4.79 Å². The average Bonchev–Trinajstić information content (AvgIpc) is 3.59. The van der Waals surface area contributed by atoms with E-state index in [2.05, 4.69) is 38.5 Å². The van der Waals surface area contributed by atoms with Crippen molar-refractivity contribution in [3.05, 3.63) is 18.7 Å². The van der Waals surface area contributed by atoms with Gasteiger partial charge in [0.25, 0.3) is 0 Å². The van der Waals surface area contributed by atoms with Crippen molar-refractivity contribution in [2.45, 2.75) is 50.7 Å². The first-order valence-electron chi connectivity index (χ1n) is 11.0. The number of methoxy groups -OCH3 is 1. The van der Waals surface area contributed by atoms with Crippen molar-refractivity contribution in [2.75, 3.05) is 55.8 Å². The molecule has 0 unspecified atom stereocenters. The molecule has 1 saturated carbocycles. The third-order valence-corrected chi connectivity index (χ3v) is 6.64. The molecule has 3 heterocycles. The fourth-order valence-corrected chi connectivity index (χ4v) is 4.91. The van der Waals surface area contributed by atoms with E-state index in [9.17, 15) is 4.79 Å². The van der Waals surface area contributed by atoms with Gasteiger partial charge in [0.15, 0.2) is 5.82 Å². The topological polar surface area (TPSA) is 87.0 Å². The quantitative estimate of drug-likeness (QED) is 0.688. The van der Waals surface area contributed by atoms with E-state index in [1.807, 2.05) is 0 Å². The van der Waals surface area contributed by atoms with E-state index in [0.717, 1.165) is 38.5 Å². The van der Waals surface area contributed by atoms with E-state index in [1.54, 1.807) is 13.2 Å². The Morgan fingerprint density at radius 1 is 1.23 bits per heavy atom. The summed E-state index contributed by atoms with van der Waals surface area (Å²) in [5.41, 5.74) is 7.02. The highest BCUT2D eigenvalue weighted by atomic mass is 16.5. The number of piperazine rings is 1. The number of aromatic nitrogens is 1. The average molecular weight is 415 g/mol. The van der Waals surface area contributed by atoms with E-state index >= 15 is 0 Å². The van der Waals surface area contributed by atoms with E-state index in [0.29, 0.717) is 35.2 Å². The van der Waals surface area contributed by atoms with Gasteiger partial charge in [-0.05, 0) is 44.7 Å². The number of carbonyl (C=O) groups excluding carboxylic acids is 1. The Labute approximate surface area is 179 Å². The van der Waals surface area contributed by atoms with Crippen LogP contribution in [0.2, 0.25) is 0 Å². The number of piperidine rings is 1. The molecular weight excluding hydrogens is 380 g/mol. The molecule has 3 fully saturated rings. The molecule has 2 saturated heterocycles. The van der Waals surface area contributed by atoms with Gasteiger partial charge in [-0.25, -0.2) is 0 Å². The Morgan fingerprint density at radius 2 is 1.97 bits per heavy atom. The fourth-order valence-electron chi connectivity index (χ4n) is 4.91. The predicted octanol–water partition coefficient (Wildman–Crippen LogP) is 1.93. The van der Waals surface area contributed by atoms with Crippen molar-refractivity contribution >= 4 is 23.1 Å². The summed E-state index contributed by atoms with van der Waals surface area (Å²) in [6.07, 6.45) is 6.18. The number of nitrogens with zero attached hydrogens (tertiary/aromatic N) is 4. The van der Waals surface area contributed by atoms with Gasteiger partial charge in [-0.15, -0.1) is 0 Å². The molecule has 2 aliphatic heterocycles. The second-order valence-corrected chi connectivity index (χ2v) is 8.68. The second-order valence-electron chi connectivity index (χ2n) is 8.68. The maximum absolute atomic E-state index is 11.9. The van der Waals surface area contributed by atoms with Gasteiger partial charge in [0, 0.05) is 50.8 Å². The minimum absolute atomic E-state index is 0.278. The minimum Gasteiger partial charge on any atom is -0.479 e. The maximum atomic E-state index is 11.9. The molecule has 8 heteroatoms. The lowest BCUT2D eigenvalue weighted by Crippen LogP contribution is -2.57. The molecule has 0 spiro atoms. The number of hydrogen-bond acceptors (Lipinski definition) is 7. The van der Waals surface area contributed by atoms with Crippen LogP contribution in [0.5, 0.6) is 5.88 Å². The summed E-state index contributed by atoms with van der Waals surface area (Å²) >= 11 is 0. The van der Waals surface area contributed by atoms with Gasteiger partial charge in [-0.1, -0.05) is 6.58 Å². The smallest absolute Gasteiger partial charge is 0.247 e. The zero-order valence-electron chi connectivity index (χ0n) is 18.1. The molecule has 1 atom stereocenters. The highest BCUT2D eigenvalue weighted by Gasteiger charge is 2.37. The first kappa shape index (κ1) is 20.9. The van der Waals surface area contributed by atoms with Gasteiger partial charge in [0.2, 0.25) is 11.8 Å². The van der Waals surface area contributed by atoms with Gasteiger partial charge in [-0.3, -0.25) is 14.6 Å². The number of ether oxygens (including phenoxy) is 1. The van der Waals surface area contributed by atoms with Crippen LogP contribution in [-0.4, -0.2) is 78.7 Å². The molecule has 0 bridgehead atoms. The molecule has 3 N–H and O–H groups in total. The van der Waals surface area contributed by atoms with Crippen LogP contribution in [0.4, 0.5) is 17.2 Å². The molecule has 164 valence electrons. The van der Waals surface area contributed by atoms with E-state index in [4.69, 9.17) is 10.5 Å². The third kappa shape index (κ3) is 4.39.